The highest BCUT2D eigenvalue weighted by molar-refractivity contribution is 7.84. The standard InChI is InChI=1S/C23H25F3N4O6S/c1-14(2)29(10-11-35-22(32)33)21(31)30-18-7-5-4-6-16(18)28-20(30)37(34)12-17-15(3)19(8-9-27-17)36-13-23(24,25)26/h4-9,14H,10-13H2,1-3H3,(H,32,33)/t37-/m1/s1. The number of carboxylic acid groups (broad SMARTS) is 1. The summed E-state index contributed by atoms with van der Waals surface area (Å²) in [7, 11) is -1.94. The molecule has 0 aliphatic rings. The van der Waals surface area contributed by atoms with Gasteiger partial charge in [-0.25, -0.2) is 19.1 Å². The summed E-state index contributed by atoms with van der Waals surface area (Å²) in [5.74, 6) is -0.288. The number of halogens is 3. The van der Waals surface area contributed by atoms with Gasteiger partial charge in [-0.3, -0.25) is 9.19 Å². The van der Waals surface area contributed by atoms with Gasteiger partial charge in [-0.05, 0) is 39.0 Å². The lowest BCUT2D eigenvalue weighted by molar-refractivity contribution is -0.153. The molecule has 10 nitrogen and oxygen atoms in total. The van der Waals surface area contributed by atoms with Gasteiger partial charge in [0.1, 0.15) is 12.4 Å². The maximum Gasteiger partial charge on any atom is 0.505 e. The summed E-state index contributed by atoms with van der Waals surface area (Å²) in [5, 5.41) is 8.67. The minimum absolute atomic E-state index is 0.0479. The highest BCUT2D eigenvalue weighted by Crippen LogP contribution is 2.26. The third kappa shape index (κ3) is 6.96. The monoisotopic (exact) mass is 542 g/mol. The topological polar surface area (TPSA) is 124 Å². The summed E-state index contributed by atoms with van der Waals surface area (Å²) in [6.07, 6.45) is -4.75. The van der Waals surface area contributed by atoms with Crippen LogP contribution < -0.4 is 4.74 Å². The van der Waals surface area contributed by atoms with Gasteiger partial charge in [-0.15, -0.1) is 0 Å². The van der Waals surface area contributed by atoms with E-state index in [1.807, 2.05) is 0 Å². The number of carbonyl (C=O) groups excluding carboxylic acids is 1. The number of imidazole rings is 1. The van der Waals surface area contributed by atoms with Gasteiger partial charge >= 0.3 is 18.4 Å². The van der Waals surface area contributed by atoms with Crippen molar-refractivity contribution < 1.29 is 41.5 Å². The first-order chi connectivity index (χ1) is 17.4. The molecule has 0 fully saturated rings. The summed E-state index contributed by atoms with van der Waals surface area (Å²) in [5.41, 5.74) is 1.28. The zero-order chi connectivity index (χ0) is 27.3. The first-order valence-corrected chi connectivity index (χ1v) is 12.4. The molecule has 0 unspecified atom stereocenters. The van der Waals surface area contributed by atoms with Crippen LogP contribution in [0.1, 0.15) is 25.1 Å². The van der Waals surface area contributed by atoms with E-state index in [-0.39, 0.29) is 47.1 Å². The lowest BCUT2D eigenvalue weighted by Crippen LogP contribution is -2.42. The molecule has 1 amide bonds. The number of fused-ring (bicyclic) bond motifs is 1. The normalized spacial score (nSPS) is 12.5. The molecule has 37 heavy (non-hydrogen) atoms. The molecule has 1 atom stereocenters. The minimum atomic E-state index is -4.53. The van der Waals surface area contributed by atoms with Crippen LogP contribution in [0, 0.1) is 6.92 Å². The third-order valence-corrected chi connectivity index (χ3v) is 6.49. The highest BCUT2D eigenvalue weighted by Gasteiger charge is 2.30. The first kappa shape index (κ1) is 27.9. The van der Waals surface area contributed by atoms with Gasteiger partial charge in [0.2, 0.25) is 5.16 Å². The predicted octanol–water partition coefficient (Wildman–Crippen LogP) is 4.36. The maximum atomic E-state index is 13.6. The van der Waals surface area contributed by atoms with Crippen molar-refractivity contribution in [2.45, 2.75) is 43.9 Å². The number of carbonyl (C=O) groups is 2. The molecule has 0 radical (unpaired) electrons. The molecule has 0 saturated carbocycles. The van der Waals surface area contributed by atoms with E-state index in [2.05, 4.69) is 14.7 Å². The Morgan fingerprint density at radius 1 is 1.22 bits per heavy atom. The van der Waals surface area contributed by atoms with Crippen LogP contribution in [0.3, 0.4) is 0 Å². The summed E-state index contributed by atoms with van der Waals surface area (Å²) in [6.45, 7) is 3.16. The Bertz CT molecular complexity index is 1310. The second kappa shape index (κ2) is 11.6. The number of alkyl halides is 3. The van der Waals surface area contributed by atoms with Crippen LogP contribution >= 0.6 is 0 Å². The third-order valence-electron chi connectivity index (χ3n) is 5.27. The van der Waals surface area contributed by atoms with Crippen LogP contribution in [0.2, 0.25) is 0 Å². The van der Waals surface area contributed by atoms with Crippen LogP contribution in [0.25, 0.3) is 11.0 Å². The Balaban J connectivity index is 1.95. The zero-order valence-corrected chi connectivity index (χ0v) is 21.0. The fourth-order valence-electron chi connectivity index (χ4n) is 3.49. The van der Waals surface area contributed by atoms with Crippen LogP contribution in [0.5, 0.6) is 5.75 Å². The Labute approximate surface area is 212 Å². The lowest BCUT2D eigenvalue weighted by atomic mass is 10.2. The molecule has 2 aromatic heterocycles. The second-order valence-corrected chi connectivity index (χ2v) is 9.52. The molecule has 0 saturated heterocycles. The molecule has 0 aliphatic heterocycles. The van der Waals surface area contributed by atoms with Gasteiger partial charge in [-0.1, -0.05) is 12.1 Å². The number of nitrogens with zero attached hydrogens (tertiary/aromatic N) is 4. The Kier molecular flexibility index (Phi) is 8.73. The Morgan fingerprint density at radius 2 is 1.92 bits per heavy atom. The average molecular weight is 543 g/mol. The smallest absolute Gasteiger partial charge is 0.484 e. The zero-order valence-electron chi connectivity index (χ0n) is 20.2. The molecule has 3 rings (SSSR count). The quantitative estimate of drug-likeness (QED) is 0.396. The van der Waals surface area contributed by atoms with E-state index in [1.54, 1.807) is 38.1 Å². The fourth-order valence-corrected chi connectivity index (χ4v) is 4.73. The minimum Gasteiger partial charge on any atom is -0.484 e. The number of pyridine rings is 1. The van der Waals surface area contributed by atoms with Crippen molar-refractivity contribution in [1.29, 1.82) is 0 Å². The predicted molar refractivity (Wildman–Crippen MR) is 127 cm³/mol. The van der Waals surface area contributed by atoms with Crippen molar-refractivity contribution in [1.82, 2.24) is 19.4 Å². The number of rotatable bonds is 9. The van der Waals surface area contributed by atoms with Crippen LogP contribution in [-0.2, 0) is 21.3 Å². The summed E-state index contributed by atoms with van der Waals surface area (Å²) < 4.78 is 61.8. The molecular formula is C23H25F3N4O6S. The van der Waals surface area contributed by atoms with E-state index >= 15 is 0 Å². The van der Waals surface area contributed by atoms with Gasteiger partial charge in [-0.2, -0.15) is 13.2 Å². The van der Waals surface area contributed by atoms with Crippen LogP contribution in [0.4, 0.5) is 22.8 Å². The number of benzene rings is 1. The molecule has 1 aromatic carbocycles. The van der Waals surface area contributed by atoms with Crippen molar-refractivity contribution in [3.8, 4) is 5.75 Å². The maximum absolute atomic E-state index is 13.6. The Hall–Kier alpha value is -3.68. The number of amides is 1. The first-order valence-electron chi connectivity index (χ1n) is 11.1. The van der Waals surface area contributed by atoms with E-state index < -0.39 is 35.8 Å². The van der Waals surface area contributed by atoms with Gasteiger partial charge < -0.3 is 19.5 Å². The molecule has 0 bridgehead atoms. The van der Waals surface area contributed by atoms with E-state index in [1.165, 1.54) is 28.7 Å². The largest absolute Gasteiger partial charge is 0.505 e. The van der Waals surface area contributed by atoms with Gasteiger partial charge in [0.15, 0.2) is 6.61 Å². The van der Waals surface area contributed by atoms with Gasteiger partial charge in [0.25, 0.3) is 0 Å². The van der Waals surface area contributed by atoms with Gasteiger partial charge in [0, 0.05) is 17.8 Å². The van der Waals surface area contributed by atoms with Gasteiger partial charge in [0.05, 0.1) is 39.8 Å². The number of ether oxygens (including phenoxy) is 2. The van der Waals surface area contributed by atoms with Crippen LogP contribution in [0.15, 0.2) is 41.7 Å². The highest BCUT2D eigenvalue weighted by atomic mass is 32.2. The molecule has 0 spiro atoms. The van der Waals surface area contributed by atoms with E-state index in [9.17, 15) is 27.0 Å². The molecule has 1 N–H and O–H groups in total. The Morgan fingerprint density at radius 3 is 2.57 bits per heavy atom. The number of hydrogen-bond donors (Lipinski definition) is 1. The van der Waals surface area contributed by atoms with Crippen molar-refractivity contribution >= 4 is 34.0 Å². The SMILES string of the molecule is Cc1c(OCC(F)(F)F)ccnc1C[S@@](=O)c1nc2ccccc2n1C(=O)N(CCOC(=O)O)C(C)C. The molecule has 3 aromatic rings. The number of aromatic nitrogens is 3. The summed E-state index contributed by atoms with van der Waals surface area (Å²) >= 11 is 0. The van der Waals surface area contributed by atoms with Crippen molar-refractivity contribution in [3.05, 3.63) is 47.8 Å². The summed E-state index contributed by atoms with van der Waals surface area (Å²) in [6, 6.07) is 6.98. The van der Waals surface area contributed by atoms with Crippen LogP contribution in [-0.4, -0.2) is 72.9 Å². The lowest BCUT2D eigenvalue weighted by Gasteiger charge is -2.27. The van der Waals surface area contributed by atoms with Crippen molar-refractivity contribution in [2.75, 3.05) is 19.8 Å². The van der Waals surface area contributed by atoms with E-state index in [0.717, 1.165) is 0 Å². The van der Waals surface area contributed by atoms with Crippen molar-refractivity contribution in [2.24, 2.45) is 0 Å². The second-order valence-electron chi connectivity index (χ2n) is 8.18. The molecule has 14 heteroatoms. The molecule has 2 heterocycles. The van der Waals surface area contributed by atoms with E-state index in [4.69, 9.17) is 9.84 Å². The average Bonchev–Trinajstić information content (AvgIpc) is 3.21. The number of para-hydroxylation sites is 2. The molecule has 0 aliphatic carbocycles. The summed E-state index contributed by atoms with van der Waals surface area (Å²) in [4.78, 5) is 34.2. The number of hydrogen-bond acceptors (Lipinski definition) is 7. The van der Waals surface area contributed by atoms with E-state index in [0.29, 0.717) is 11.0 Å². The molecular weight excluding hydrogens is 517 g/mol. The fraction of sp³-hybridized carbons (Fsp3) is 0.391. The molecule has 200 valence electrons. The van der Waals surface area contributed by atoms with Crippen molar-refractivity contribution in [3.63, 3.8) is 0 Å².